The molecule has 0 bridgehead atoms. The lowest BCUT2D eigenvalue weighted by molar-refractivity contribution is -0.147. The molecule has 0 N–H and O–H groups in total. The summed E-state index contributed by atoms with van der Waals surface area (Å²) < 4.78 is 4.89. The lowest BCUT2D eigenvalue weighted by Gasteiger charge is -2.20. The van der Waals surface area contributed by atoms with Crippen LogP contribution < -0.4 is 0 Å². The average Bonchev–Trinajstić information content (AvgIpc) is 2.46. The monoisotopic (exact) mass is 196 g/mol. The van der Waals surface area contributed by atoms with Crippen molar-refractivity contribution in [3.63, 3.8) is 0 Å². The molecule has 2 fully saturated rings. The van der Waals surface area contributed by atoms with Gasteiger partial charge in [-0.1, -0.05) is 25.7 Å². The van der Waals surface area contributed by atoms with Crippen molar-refractivity contribution in [3.05, 3.63) is 0 Å². The Morgan fingerprint density at radius 1 is 1.07 bits per heavy atom. The van der Waals surface area contributed by atoms with Gasteiger partial charge >= 0.3 is 5.97 Å². The van der Waals surface area contributed by atoms with Crippen LogP contribution in [0.4, 0.5) is 0 Å². The van der Waals surface area contributed by atoms with E-state index in [0.717, 1.165) is 12.3 Å². The van der Waals surface area contributed by atoms with Gasteiger partial charge in [-0.3, -0.25) is 4.79 Å². The van der Waals surface area contributed by atoms with Gasteiger partial charge in [0.1, 0.15) is 0 Å². The smallest absolute Gasteiger partial charge is 0.308 e. The minimum Gasteiger partial charge on any atom is -0.469 e. The first-order chi connectivity index (χ1) is 6.83. The van der Waals surface area contributed by atoms with Gasteiger partial charge in [0.2, 0.25) is 0 Å². The molecule has 2 nitrogen and oxygen atoms in total. The fourth-order valence-corrected chi connectivity index (χ4v) is 3.35. The molecule has 0 heterocycles. The Bertz CT molecular complexity index is 212. The third-order valence-corrected chi connectivity index (χ3v) is 4.09. The molecule has 2 heteroatoms. The Labute approximate surface area is 86.0 Å². The molecule has 0 unspecified atom stereocenters. The molecule has 0 amide bonds. The highest BCUT2D eigenvalue weighted by atomic mass is 16.5. The number of esters is 1. The summed E-state index contributed by atoms with van der Waals surface area (Å²) >= 11 is 0. The number of hydrogen-bond donors (Lipinski definition) is 0. The van der Waals surface area contributed by atoms with Crippen molar-refractivity contribution in [2.75, 3.05) is 7.11 Å². The van der Waals surface area contributed by atoms with E-state index in [2.05, 4.69) is 0 Å². The lowest BCUT2D eigenvalue weighted by atomic mass is 9.86. The summed E-state index contributed by atoms with van der Waals surface area (Å²) in [6.45, 7) is 0. The van der Waals surface area contributed by atoms with E-state index in [9.17, 15) is 4.79 Å². The van der Waals surface area contributed by atoms with Crippen LogP contribution in [-0.4, -0.2) is 13.1 Å². The zero-order valence-electron chi connectivity index (χ0n) is 9.00. The summed E-state index contributed by atoms with van der Waals surface area (Å²) in [4.78, 5) is 11.6. The zero-order chi connectivity index (χ0) is 9.97. The molecule has 0 aromatic rings. The molecule has 0 aromatic heterocycles. The van der Waals surface area contributed by atoms with Gasteiger partial charge in [0.25, 0.3) is 0 Å². The Balaban J connectivity index is 2.03. The normalized spacial score (nSPS) is 37.4. The third-order valence-electron chi connectivity index (χ3n) is 4.09. The van der Waals surface area contributed by atoms with Crippen LogP contribution in [0.5, 0.6) is 0 Å². The van der Waals surface area contributed by atoms with Gasteiger partial charge in [0.05, 0.1) is 13.0 Å². The van der Waals surface area contributed by atoms with Gasteiger partial charge in [0.15, 0.2) is 0 Å². The quantitative estimate of drug-likeness (QED) is 0.603. The zero-order valence-corrected chi connectivity index (χ0v) is 9.00. The third kappa shape index (κ3) is 1.79. The molecule has 80 valence electrons. The Kier molecular flexibility index (Phi) is 3.09. The van der Waals surface area contributed by atoms with E-state index in [1.54, 1.807) is 0 Å². The Hall–Kier alpha value is -0.530. The average molecular weight is 196 g/mol. The fourth-order valence-electron chi connectivity index (χ4n) is 3.35. The van der Waals surface area contributed by atoms with Crippen LogP contribution in [-0.2, 0) is 9.53 Å². The molecular weight excluding hydrogens is 176 g/mol. The predicted molar refractivity (Wildman–Crippen MR) is 54.8 cm³/mol. The van der Waals surface area contributed by atoms with Crippen LogP contribution in [0.15, 0.2) is 0 Å². The first-order valence-electron chi connectivity index (χ1n) is 5.90. The molecule has 0 radical (unpaired) electrons. The second-order valence-electron chi connectivity index (χ2n) is 4.77. The van der Waals surface area contributed by atoms with Crippen LogP contribution in [0.3, 0.4) is 0 Å². The summed E-state index contributed by atoms with van der Waals surface area (Å²) in [5.74, 6) is 1.73. The summed E-state index contributed by atoms with van der Waals surface area (Å²) in [5, 5.41) is 0. The number of fused-ring (bicyclic) bond motifs is 1. The van der Waals surface area contributed by atoms with Crippen molar-refractivity contribution in [3.8, 4) is 0 Å². The number of rotatable bonds is 1. The van der Waals surface area contributed by atoms with Crippen LogP contribution in [0.2, 0.25) is 0 Å². The molecule has 2 rings (SSSR count). The van der Waals surface area contributed by atoms with E-state index in [-0.39, 0.29) is 11.9 Å². The standard InChI is InChI=1S/C12H20O2/c1-14-12(13)11-8-7-9-5-3-2-4-6-10(9)11/h9-11H,2-8H2,1H3/t9-,10-,11-/m0/s1. The van der Waals surface area contributed by atoms with E-state index >= 15 is 0 Å². The molecule has 0 saturated heterocycles. The van der Waals surface area contributed by atoms with Gasteiger partial charge in [-0.15, -0.1) is 0 Å². The molecule has 2 saturated carbocycles. The molecule has 0 aliphatic heterocycles. The van der Waals surface area contributed by atoms with E-state index in [4.69, 9.17) is 4.74 Å². The maximum Gasteiger partial charge on any atom is 0.308 e. The van der Waals surface area contributed by atoms with Crippen LogP contribution in [0, 0.1) is 17.8 Å². The number of carbonyl (C=O) groups is 1. The molecule has 0 spiro atoms. The second kappa shape index (κ2) is 4.33. The lowest BCUT2D eigenvalue weighted by Crippen LogP contribution is -2.22. The molecular formula is C12H20O2. The maximum absolute atomic E-state index is 11.6. The predicted octanol–water partition coefficient (Wildman–Crippen LogP) is 2.77. The molecule has 0 aromatic carbocycles. The van der Waals surface area contributed by atoms with E-state index in [0.29, 0.717) is 5.92 Å². The highest BCUT2D eigenvalue weighted by Gasteiger charge is 2.40. The molecule has 14 heavy (non-hydrogen) atoms. The Morgan fingerprint density at radius 3 is 2.64 bits per heavy atom. The molecule has 2 aliphatic carbocycles. The van der Waals surface area contributed by atoms with Gasteiger partial charge < -0.3 is 4.74 Å². The summed E-state index contributed by atoms with van der Waals surface area (Å²) in [5.41, 5.74) is 0. The first-order valence-corrected chi connectivity index (χ1v) is 5.90. The van der Waals surface area contributed by atoms with Gasteiger partial charge in [0, 0.05) is 0 Å². The summed E-state index contributed by atoms with van der Waals surface area (Å²) in [7, 11) is 1.52. The van der Waals surface area contributed by atoms with Crippen molar-refractivity contribution < 1.29 is 9.53 Å². The number of carbonyl (C=O) groups excluding carboxylic acids is 1. The number of methoxy groups -OCH3 is 1. The van der Waals surface area contributed by atoms with Crippen LogP contribution in [0.25, 0.3) is 0 Å². The SMILES string of the molecule is COC(=O)[C@H]1CC[C@@H]2CCCCC[C@@H]21. The second-order valence-corrected chi connectivity index (χ2v) is 4.77. The largest absolute Gasteiger partial charge is 0.469 e. The fraction of sp³-hybridized carbons (Fsp3) is 0.917. The topological polar surface area (TPSA) is 26.3 Å². The summed E-state index contributed by atoms with van der Waals surface area (Å²) in [6, 6.07) is 0. The van der Waals surface area contributed by atoms with Crippen LogP contribution in [0.1, 0.15) is 44.9 Å². The van der Waals surface area contributed by atoms with Gasteiger partial charge in [-0.05, 0) is 31.1 Å². The van der Waals surface area contributed by atoms with E-state index in [1.165, 1.54) is 45.6 Å². The van der Waals surface area contributed by atoms with Crippen molar-refractivity contribution in [1.29, 1.82) is 0 Å². The highest BCUT2D eigenvalue weighted by Crippen LogP contribution is 2.45. The van der Waals surface area contributed by atoms with Crippen molar-refractivity contribution >= 4 is 5.97 Å². The maximum atomic E-state index is 11.6. The van der Waals surface area contributed by atoms with E-state index in [1.807, 2.05) is 0 Å². The first kappa shape index (κ1) is 10.0. The van der Waals surface area contributed by atoms with Crippen molar-refractivity contribution in [2.45, 2.75) is 44.9 Å². The minimum atomic E-state index is 0.0411. The number of hydrogen-bond acceptors (Lipinski definition) is 2. The minimum absolute atomic E-state index is 0.0411. The van der Waals surface area contributed by atoms with E-state index < -0.39 is 0 Å². The molecule has 3 atom stereocenters. The van der Waals surface area contributed by atoms with Gasteiger partial charge in [-0.25, -0.2) is 0 Å². The Morgan fingerprint density at radius 2 is 1.86 bits per heavy atom. The van der Waals surface area contributed by atoms with Crippen molar-refractivity contribution in [1.82, 2.24) is 0 Å². The van der Waals surface area contributed by atoms with Crippen LogP contribution >= 0.6 is 0 Å². The van der Waals surface area contributed by atoms with Crippen molar-refractivity contribution in [2.24, 2.45) is 17.8 Å². The summed E-state index contributed by atoms with van der Waals surface area (Å²) in [6.07, 6.45) is 8.97. The number of ether oxygens (including phenoxy) is 1. The molecule has 2 aliphatic rings. The van der Waals surface area contributed by atoms with Gasteiger partial charge in [-0.2, -0.15) is 0 Å². The highest BCUT2D eigenvalue weighted by molar-refractivity contribution is 5.73.